The van der Waals surface area contributed by atoms with Crippen LogP contribution in [0.4, 0.5) is 10.1 Å². The monoisotopic (exact) mass is 281 g/mol. The van der Waals surface area contributed by atoms with Crippen molar-refractivity contribution >= 4 is 5.69 Å². The molecule has 1 aromatic rings. The third-order valence-electron chi connectivity index (χ3n) is 3.35. The molecule has 0 atom stereocenters. The first-order chi connectivity index (χ1) is 9.58. The van der Waals surface area contributed by atoms with Crippen molar-refractivity contribution in [2.75, 3.05) is 45.2 Å². The molecule has 114 valence electrons. The molecule has 1 rings (SSSR count). The zero-order chi connectivity index (χ0) is 15.0. The average molecular weight is 281 g/mol. The van der Waals surface area contributed by atoms with Crippen LogP contribution in [0, 0.1) is 5.82 Å². The number of nitrogens with one attached hydrogen (secondary N) is 1. The summed E-state index contributed by atoms with van der Waals surface area (Å²) in [4.78, 5) is 4.26. The molecular formula is C16H28FN3. The van der Waals surface area contributed by atoms with E-state index >= 15 is 0 Å². The van der Waals surface area contributed by atoms with Crippen molar-refractivity contribution in [3.63, 3.8) is 0 Å². The number of hydrogen-bond acceptors (Lipinski definition) is 3. The molecule has 0 heterocycles. The van der Waals surface area contributed by atoms with E-state index in [0.29, 0.717) is 5.69 Å². The molecule has 0 spiro atoms. The van der Waals surface area contributed by atoms with Crippen molar-refractivity contribution in [1.82, 2.24) is 10.2 Å². The zero-order valence-electron chi connectivity index (χ0n) is 13.2. The summed E-state index contributed by atoms with van der Waals surface area (Å²) in [6.45, 7) is 8.48. The summed E-state index contributed by atoms with van der Waals surface area (Å²) >= 11 is 0. The summed E-state index contributed by atoms with van der Waals surface area (Å²) in [5.74, 6) is -0.118. The van der Waals surface area contributed by atoms with E-state index in [9.17, 15) is 4.39 Å². The third-order valence-corrected chi connectivity index (χ3v) is 3.35. The van der Waals surface area contributed by atoms with E-state index in [1.165, 1.54) is 0 Å². The van der Waals surface area contributed by atoms with E-state index in [0.717, 1.165) is 44.7 Å². The fourth-order valence-corrected chi connectivity index (χ4v) is 2.21. The molecule has 0 radical (unpaired) electrons. The first-order valence-corrected chi connectivity index (χ1v) is 7.47. The van der Waals surface area contributed by atoms with Crippen molar-refractivity contribution in [2.45, 2.75) is 26.8 Å². The van der Waals surface area contributed by atoms with Gasteiger partial charge in [-0.3, -0.25) is 0 Å². The van der Waals surface area contributed by atoms with Crippen molar-refractivity contribution < 1.29 is 4.39 Å². The summed E-state index contributed by atoms with van der Waals surface area (Å²) in [6, 6.07) is 5.56. The number of hydrogen-bond donors (Lipinski definition) is 1. The minimum atomic E-state index is -0.118. The van der Waals surface area contributed by atoms with E-state index in [1.807, 2.05) is 19.1 Å². The second-order valence-electron chi connectivity index (χ2n) is 5.30. The number of benzene rings is 1. The van der Waals surface area contributed by atoms with Crippen LogP contribution in [0.5, 0.6) is 0 Å². The molecule has 0 unspecified atom stereocenters. The lowest BCUT2D eigenvalue weighted by molar-refractivity contribution is 0.400. The van der Waals surface area contributed by atoms with Gasteiger partial charge >= 0.3 is 0 Å². The Bertz CT molecular complexity index is 393. The van der Waals surface area contributed by atoms with Gasteiger partial charge in [0.2, 0.25) is 0 Å². The first kappa shape index (κ1) is 16.9. The zero-order valence-corrected chi connectivity index (χ0v) is 13.2. The Kier molecular flexibility index (Phi) is 7.55. The van der Waals surface area contributed by atoms with E-state index in [2.05, 4.69) is 36.1 Å². The maximum Gasteiger partial charge on any atom is 0.146 e. The lowest BCUT2D eigenvalue weighted by Gasteiger charge is -2.24. The molecule has 0 amide bonds. The molecule has 3 nitrogen and oxygen atoms in total. The largest absolute Gasteiger partial charge is 0.369 e. The number of rotatable bonds is 9. The van der Waals surface area contributed by atoms with Crippen LogP contribution in [0.15, 0.2) is 18.2 Å². The fourth-order valence-electron chi connectivity index (χ4n) is 2.21. The molecule has 0 saturated carbocycles. The molecule has 0 aliphatic heterocycles. The van der Waals surface area contributed by atoms with Gasteiger partial charge in [-0.15, -0.1) is 0 Å². The van der Waals surface area contributed by atoms with Crippen LogP contribution in [0.25, 0.3) is 0 Å². The summed E-state index contributed by atoms with van der Waals surface area (Å²) < 4.78 is 14.2. The van der Waals surface area contributed by atoms with Gasteiger partial charge in [-0.05, 0) is 58.2 Å². The maximum atomic E-state index is 14.2. The lowest BCUT2D eigenvalue weighted by atomic mass is 10.1. The van der Waals surface area contributed by atoms with Crippen LogP contribution in [0.3, 0.4) is 0 Å². The van der Waals surface area contributed by atoms with Crippen LogP contribution >= 0.6 is 0 Å². The Morgan fingerprint density at radius 2 is 1.90 bits per heavy atom. The third kappa shape index (κ3) is 5.47. The van der Waals surface area contributed by atoms with Crippen LogP contribution in [-0.4, -0.2) is 45.2 Å². The van der Waals surface area contributed by atoms with Gasteiger partial charge in [0, 0.05) is 19.6 Å². The molecule has 4 heteroatoms. The van der Waals surface area contributed by atoms with Crippen molar-refractivity contribution in [2.24, 2.45) is 0 Å². The van der Waals surface area contributed by atoms with Gasteiger partial charge in [0.25, 0.3) is 0 Å². The van der Waals surface area contributed by atoms with E-state index in [4.69, 9.17) is 0 Å². The summed E-state index contributed by atoms with van der Waals surface area (Å²) in [5, 5.41) is 3.22. The Morgan fingerprint density at radius 3 is 2.45 bits per heavy atom. The molecule has 1 aromatic carbocycles. The molecule has 0 saturated heterocycles. The normalized spacial score (nSPS) is 11.1. The Labute approximate surface area is 122 Å². The summed E-state index contributed by atoms with van der Waals surface area (Å²) in [6.07, 6.45) is 1.04. The second kappa shape index (κ2) is 8.93. The molecule has 0 aliphatic rings. The van der Waals surface area contributed by atoms with Crippen molar-refractivity contribution in [1.29, 1.82) is 0 Å². The topological polar surface area (TPSA) is 18.5 Å². The van der Waals surface area contributed by atoms with E-state index in [1.54, 1.807) is 6.07 Å². The van der Waals surface area contributed by atoms with Crippen LogP contribution in [0.2, 0.25) is 0 Å². The number of nitrogens with zero attached hydrogens (tertiary/aromatic N) is 2. The Balaban J connectivity index is 2.67. The van der Waals surface area contributed by atoms with Crippen molar-refractivity contribution in [3.05, 3.63) is 29.6 Å². The van der Waals surface area contributed by atoms with E-state index in [-0.39, 0.29) is 5.82 Å². The molecule has 20 heavy (non-hydrogen) atoms. The molecule has 1 N–H and O–H groups in total. The molecule has 0 aliphatic carbocycles. The fraction of sp³-hybridized carbons (Fsp3) is 0.625. The SMILES string of the molecule is CCNCc1ccc(N(CC)CCCN(C)C)c(F)c1. The highest BCUT2D eigenvalue weighted by Crippen LogP contribution is 2.20. The van der Waals surface area contributed by atoms with Crippen LogP contribution < -0.4 is 10.2 Å². The van der Waals surface area contributed by atoms with Crippen LogP contribution in [-0.2, 0) is 6.54 Å². The van der Waals surface area contributed by atoms with Gasteiger partial charge in [0.15, 0.2) is 0 Å². The first-order valence-electron chi connectivity index (χ1n) is 7.47. The Morgan fingerprint density at radius 1 is 1.15 bits per heavy atom. The van der Waals surface area contributed by atoms with Crippen molar-refractivity contribution in [3.8, 4) is 0 Å². The molecular weight excluding hydrogens is 253 g/mol. The van der Waals surface area contributed by atoms with E-state index < -0.39 is 0 Å². The number of halogens is 1. The lowest BCUT2D eigenvalue weighted by Crippen LogP contribution is -2.27. The smallest absolute Gasteiger partial charge is 0.146 e. The standard InChI is InChI=1S/C16H28FN3/c1-5-18-13-14-8-9-16(15(17)12-14)20(6-2)11-7-10-19(3)4/h8-9,12,18H,5-7,10-11,13H2,1-4H3. The predicted molar refractivity (Wildman–Crippen MR) is 84.8 cm³/mol. The minimum absolute atomic E-state index is 0.118. The van der Waals surface area contributed by atoms with Crippen LogP contribution in [0.1, 0.15) is 25.8 Å². The van der Waals surface area contributed by atoms with Gasteiger partial charge in [-0.25, -0.2) is 4.39 Å². The number of anilines is 1. The quantitative estimate of drug-likeness (QED) is 0.751. The van der Waals surface area contributed by atoms with Gasteiger partial charge in [0.05, 0.1) is 5.69 Å². The molecule has 0 bridgehead atoms. The maximum absolute atomic E-state index is 14.2. The summed E-state index contributed by atoms with van der Waals surface area (Å²) in [5.41, 5.74) is 1.71. The van der Waals surface area contributed by atoms with Gasteiger partial charge in [-0.2, -0.15) is 0 Å². The highest BCUT2D eigenvalue weighted by molar-refractivity contribution is 5.49. The summed E-state index contributed by atoms with van der Waals surface area (Å²) in [7, 11) is 4.12. The molecule has 0 fully saturated rings. The van der Waals surface area contributed by atoms with Gasteiger partial charge < -0.3 is 15.1 Å². The highest BCUT2D eigenvalue weighted by Gasteiger charge is 2.10. The Hall–Kier alpha value is -1.13. The minimum Gasteiger partial charge on any atom is -0.369 e. The van der Waals surface area contributed by atoms with Gasteiger partial charge in [0.1, 0.15) is 5.82 Å². The van der Waals surface area contributed by atoms with Gasteiger partial charge in [-0.1, -0.05) is 13.0 Å². The highest BCUT2D eigenvalue weighted by atomic mass is 19.1. The molecule has 0 aromatic heterocycles. The predicted octanol–water partition coefficient (Wildman–Crippen LogP) is 2.71. The second-order valence-corrected chi connectivity index (χ2v) is 5.30. The average Bonchev–Trinajstić information content (AvgIpc) is 2.42.